The normalized spacial score (nSPS) is 15.7. The van der Waals surface area contributed by atoms with Crippen molar-refractivity contribution in [2.75, 3.05) is 0 Å². The van der Waals surface area contributed by atoms with E-state index in [4.69, 9.17) is 0 Å². The van der Waals surface area contributed by atoms with Crippen LogP contribution in [0.2, 0.25) is 12.1 Å². The Labute approximate surface area is 125 Å². The molecule has 1 heteroatoms. The Morgan fingerprint density at radius 2 is 1.60 bits per heavy atom. The van der Waals surface area contributed by atoms with Gasteiger partial charge in [-0.2, -0.15) is 0 Å². The zero-order valence-corrected chi connectivity index (χ0v) is 14.2. The summed E-state index contributed by atoms with van der Waals surface area (Å²) in [6.45, 7) is 7.02. The molecule has 0 aromatic heterocycles. The second kappa shape index (κ2) is 7.08. The molecule has 1 radical (unpaired) electrons. The monoisotopic (exact) mass is 283 g/mol. The van der Waals surface area contributed by atoms with Gasteiger partial charge in [0.1, 0.15) is 8.07 Å². The number of allylic oxidation sites excluding steroid dienone is 4. The number of hydrogen-bond acceptors (Lipinski definition) is 0. The Kier molecular flexibility index (Phi) is 5.42. The van der Waals surface area contributed by atoms with Crippen molar-refractivity contribution in [1.82, 2.24) is 0 Å². The average Bonchev–Trinajstić information content (AvgIpc) is 2.97. The number of benzene rings is 1. The van der Waals surface area contributed by atoms with E-state index in [0.29, 0.717) is 0 Å². The van der Waals surface area contributed by atoms with Gasteiger partial charge in [0.25, 0.3) is 0 Å². The molecule has 2 rings (SSSR count). The molecule has 0 amide bonds. The average molecular weight is 284 g/mol. The van der Waals surface area contributed by atoms with E-state index >= 15 is 0 Å². The van der Waals surface area contributed by atoms with Gasteiger partial charge in [0.05, 0.1) is 0 Å². The van der Waals surface area contributed by atoms with Gasteiger partial charge in [-0.15, -0.1) is 0 Å². The van der Waals surface area contributed by atoms with Gasteiger partial charge in [-0.25, -0.2) is 0 Å². The van der Waals surface area contributed by atoms with Crippen molar-refractivity contribution >= 4 is 13.3 Å². The molecule has 0 atom stereocenters. The molecule has 0 unspecified atom stereocenters. The maximum absolute atomic E-state index is 2.50. The van der Waals surface area contributed by atoms with E-state index in [1.165, 1.54) is 36.9 Å². The van der Waals surface area contributed by atoms with Crippen molar-refractivity contribution in [1.29, 1.82) is 0 Å². The molecule has 0 N–H and O–H groups in total. The highest BCUT2D eigenvalue weighted by Gasteiger charge is 2.39. The molecule has 0 spiro atoms. The first-order valence-corrected chi connectivity index (χ1v) is 10.5. The highest BCUT2D eigenvalue weighted by molar-refractivity contribution is 6.97. The summed E-state index contributed by atoms with van der Waals surface area (Å²) in [7, 11) is -1.51. The highest BCUT2D eigenvalue weighted by atomic mass is 28.3. The predicted octanol–water partition coefficient (Wildman–Crippen LogP) is 5.18. The third kappa shape index (κ3) is 2.98. The van der Waals surface area contributed by atoms with Crippen molar-refractivity contribution in [2.45, 2.75) is 52.1 Å². The van der Waals surface area contributed by atoms with E-state index in [9.17, 15) is 0 Å². The molecule has 0 heterocycles. The van der Waals surface area contributed by atoms with E-state index in [-0.39, 0.29) is 0 Å². The molecule has 1 aliphatic rings. The second-order valence-corrected chi connectivity index (χ2v) is 10.5. The quantitative estimate of drug-likeness (QED) is 0.605. The smallest absolute Gasteiger partial charge is 0.0757 e. The van der Waals surface area contributed by atoms with Crippen LogP contribution in [0.3, 0.4) is 0 Å². The van der Waals surface area contributed by atoms with E-state index in [1.54, 1.807) is 10.7 Å². The lowest BCUT2D eigenvalue weighted by molar-refractivity contribution is 0.799. The van der Waals surface area contributed by atoms with E-state index in [0.717, 1.165) is 0 Å². The molecule has 0 saturated carbocycles. The van der Waals surface area contributed by atoms with Crippen LogP contribution in [-0.4, -0.2) is 8.07 Å². The maximum atomic E-state index is 2.50. The third-order valence-electron chi connectivity index (χ3n) is 4.72. The van der Waals surface area contributed by atoms with Crippen LogP contribution < -0.4 is 5.19 Å². The van der Waals surface area contributed by atoms with Gasteiger partial charge in [-0.1, -0.05) is 98.6 Å². The minimum Gasteiger partial charge on any atom is -0.0757 e. The van der Waals surface area contributed by atoms with Gasteiger partial charge < -0.3 is 0 Å². The maximum Gasteiger partial charge on any atom is 0.101 e. The summed E-state index contributed by atoms with van der Waals surface area (Å²) in [5.41, 5.74) is 3.18. The van der Waals surface area contributed by atoms with E-state index in [1.807, 2.05) is 0 Å². The molecule has 1 aromatic carbocycles. The van der Waals surface area contributed by atoms with Crippen LogP contribution in [-0.2, 0) is 0 Å². The Hall–Kier alpha value is -1.08. The summed E-state index contributed by atoms with van der Waals surface area (Å²) >= 11 is 0. The van der Waals surface area contributed by atoms with Crippen LogP contribution in [0.15, 0.2) is 54.1 Å². The minimum atomic E-state index is -1.51. The summed E-state index contributed by atoms with van der Waals surface area (Å²) in [6, 6.07) is 13.8. The standard InChI is InChI=1S/C19H27Si/c1-4-7-11-17-14-15-19(16-17)20(5-2,6-3)18-12-9-8-10-13-18/h8-10,12-16H,4-7,11H2,1-3H3. The molecule has 0 fully saturated rings. The first-order valence-electron chi connectivity index (χ1n) is 8.08. The zero-order valence-electron chi connectivity index (χ0n) is 13.2. The van der Waals surface area contributed by atoms with Crippen molar-refractivity contribution in [2.24, 2.45) is 0 Å². The Morgan fingerprint density at radius 1 is 0.900 bits per heavy atom. The van der Waals surface area contributed by atoms with Gasteiger partial charge in [0.15, 0.2) is 0 Å². The summed E-state index contributed by atoms with van der Waals surface area (Å²) in [5.74, 6) is 0. The zero-order chi connectivity index (χ0) is 14.4. The van der Waals surface area contributed by atoms with Crippen LogP contribution in [0.5, 0.6) is 0 Å². The first-order chi connectivity index (χ1) is 9.76. The molecular formula is C19H27Si. The molecule has 20 heavy (non-hydrogen) atoms. The fraction of sp³-hybridized carbons (Fsp3) is 0.421. The summed E-state index contributed by atoms with van der Waals surface area (Å²) in [6.07, 6.45) is 11.1. The van der Waals surface area contributed by atoms with Crippen LogP contribution in [0.4, 0.5) is 0 Å². The SMILES string of the molecule is CCCCC1=C[C]([Si](CC)(CC)c2ccccc2)C=C1. The van der Waals surface area contributed by atoms with Crippen LogP contribution in [0.25, 0.3) is 0 Å². The van der Waals surface area contributed by atoms with Gasteiger partial charge in [-0.3, -0.25) is 0 Å². The largest absolute Gasteiger partial charge is 0.101 e. The predicted molar refractivity (Wildman–Crippen MR) is 92.8 cm³/mol. The van der Waals surface area contributed by atoms with Crippen molar-refractivity contribution in [3.05, 3.63) is 59.7 Å². The highest BCUT2D eigenvalue weighted by Crippen LogP contribution is 2.34. The minimum absolute atomic E-state index is 1.24. The van der Waals surface area contributed by atoms with Crippen molar-refractivity contribution in [3.63, 3.8) is 0 Å². The Balaban J connectivity index is 2.27. The molecule has 0 bridgehead atoms. The second-order valence-electron chi connectivity index (χ2n) is 5.77. The molecular weight excluding hydrogens is 256 g/mol. The van der Waals surface area contributed by atoms with Crippen LogP contribution >= 0.6 is 0 Å². The van der Waals surface area contributed by atoms with E-state index < -0.39 is 8.07 Å². The summed E-state index contributed by atoms with van der Waals surface area (Å²) in [4.78, 5) is 0. The van der Waals surface area contributed by atoms with Gasteiger partial charge in [0, 0.05) is 5.54 Å². The first kappa shape index (κ1) is 15.3. The fourth-order valence-electron chi connectivity index (χ4n) is 3.32. The van der Waals surface area contributed by atoms with Gasteiger partial charge in [0.2, 0.25) is 0 Å². The molecule has 0 nitrogen and oxygen atoms in total. The lowest BCUT2D eigenvalue weighted by Crippen LogP contribution is -2.51. The Bertz CT molecular complexity index is 466. The lowest BCUT2D eigenvalue weighted by Gasteiger charge is -2.34. The molecule has 0 saturated heterocycles. The Morgan fingerprint density at radius 3 is 2.20 bits per heavy atom. The third-order valence-corrected chi connectivity index (χ3v) is 9.99. The number of unbranched alkanes of at least 4 members (excludes halogenated alkanes) is 1. The molecule has 107 valence electrons. The topological polar surface area (TPSA) is 0 Å². The van der Waals surface area contributed by atoms with Gasteiger partial charge >= 0.3 is 0 Å². The van der Waals surface area contributed by atoms with Crippen molar-refractivity contribution < 1.29 is 0 Å². The summed E-state index contributed by atoms with van der Waals surface area (Å²) in [5, 5.41) is 1.60. The molecule has 0 aliphatic heterocycles. The van der Waals surface area contributed by atoms with E-state index in [2.05, 4.69) is 69.3 Å². The number of hydrogen-bond donors (Lipinski definition) is 0. The van der Waals surface area contributed by atoms with Crippen LogP contribution in [0, 0.1) is 5.54 Å². The molecule has 1 aliphatic carbocycles. The van der Waals surface area contributed by atoms with Gasteiger partial charge in [-0.05, 0) is 12.8 Å². The van der Waals surface area contributed by atoms with Crippen molar-refractivity contribution in [3.8, 4) is 0 Å². The fourth-order valence-corrected chi connectivity index (χ4v) is 7.48. The van der Waals surface area contributed by atoms with Crippen LogP contribution in [0.1, 0.15) is 40.0 Å². The lowest BCUT2D eigenvalue weighted by atomic mass is 10.1. The summed E-state index contributed by atoms with van der Waals surface area (Å²) < 4.78 is 0. The molecule has 1 aromatic rings. The number of rotatable bonds is 7.